The van der Waals surface area contributed by atoms with Gasteiger partial charge in [0.05, 0.1) is 6.54 Å². The number of rotatable bonds is 6. The average molecular weight is 244 g/mol. The maximum absolute atomic E-state index is 4.16. The quantitative estimate of drug-likeness (QED) is 0.786. The summed E-state index contributed by atoms with van der Waals surface area (Å²) in [4.78, 5) is 2.11. The Morgan fingerprint density at radius 3 is 2.61 bits per heavy atom. The molecular weight excluding hydrogens is 224 g/mol. The van der Waals surface area contributed by atoms with Crippen molar-refractivity contribution in [3.05, 3.63) is 48.3 Å². The van der Waals surface area contributed by atoms with Crippen molar-refractivity contribution in [2.45, 2.75) is 13.1 Å². The van der Waals surface area contributed by atoms with Gasteiger partial charge in [0.1, 0.15) is 0 Å². The number of aromatic nitrogens is 2. The third-order valence-electron chi connectivity index (χ3n) is 2.86. The molecule has 0 aliphatic heterocycles. The first kappa shape index (κ1) is 12.6. The molecule has 0 fully saturated rings. The Morgan fingerprint density at radius 2 is 2.00 bits per heavy atom. The first-order valence-electron chi connectivity index (χ1n) is 6.20. The topological polar surface area (TPSA) is 33.1 Å². The molecule has 0 radical (unpaired) electrons. The lowest BCUT2D eigenvalue weighted by Crippen LogP contribution is -2.19. The van der Waals surface area contributed by atoms with Gasteiger partial charge in [0.25, 0.3) is 0 Å². The van der Waals surface area contributed by atoms with Crippen LogP contribution in [-0.2, 0) is 13.1 Å². The third kappa shape index (κ3) is 3.60. The number of benzene rings is 1. The van der Waals surface area contributed by atoms with Crippen LogP contribution in [0.2, 0.25) is 0 Å². The summed E-state index contributed by atoms with van der Waals surface area (Å²) in [5, 5.41) is 7.58. The molecule has 0 saturated carbocycles. The number of nitrogens with zero attached hydrogens (tertiary/aromatic N) is 3. The third-order valence-corrected chi connectivity index (χ3v) is 2.86. The monoisotopic (exact) mass is 244 g/mol. The second kappa shape index (κ2) is 6.21. The van der Waals surface area contributed by atoms with E-state index in [1.54, 1.807) is 6.20 Å². The lowest BCUT2D eigenvalue weighted by Gasteiger charge is -2.12. The van der Waals surface area contributed by atoms with Crippen LogP contribution in [0, 0.1) is 0 Å². The predicted molar refractivity (Wildman–Crippen MR) is 74.7 cm³/mol. The van der Waals surface area contributed by atoms with Crippen LogP contribution in [0.3, 0.4) is 0 Å². The number of nitrogens with one attached hydrogen (secondary N) is 1. The Morgan fingerprint density at radius 1 is 1.22 bits per heavy atom. The van der Waals surface area contributed by atoms with Gasteiger partial charge < -0.3 is 10.2 Å². The lowest BCUT2D eigenvalue weighted by atomic mass is 10.2. The molecule has 96 valence electrons. The van der Waals surface area contributed by atoms with Crippen molar-refractivity contribution < 1.29 is 0 Å². The summed E-state index contributed by atoms with van der Waals surface area (Å²) in [6, 6.07) is 10.6. The molecule has 0 bridgehead atoms. The number of anilines is 1. The van der Waals surface area contributed by atoms with E-state index in [-0.39, 0.29) is 0 Å². The number of hydrogen-bond donors (Lipinski definition) is 1. The van der Waals surface area contributed by atoms with Crippen LogP contribution in [0.15, 0.2) is 42.7 Å². The Kier molecular flexibility index (Phi) is 4.36. The molecule has 0 aliphatic carbocycles. The van der Waals surface area contributed by atoms with Crippen molar-refractivity contribution in [3.63, 3.8) is 0 Å². The standard InChI is InChI=1S/C14H20N4/c1-17(2)14-6-4-13(5-7-14)12-15-9-11-18-10-3-8-16-18/h3-8,10,15H,9,11-12H2,1-2H3. The van der Waals surface area contributed by atoms with Crippen molar-refractivity contribution in [2.75, 3.05) is 25.5 Å². The van der Waals surface area contributed by atoms with Gasteiger partial charge >= 0.3 is 0 Å². The molecule has 4 heteroatoms. The molecule has 0 amide bonds. The van der Waals surface area contributed by atoms with Crippen molar-refractivity contribution in [2.24, 2.45) is 0 Å². The van der Waals surface area contributed by atoms with E-state index in [0.29, 0.717) is 0 Å². The molecule has 0 atom stereocenters. The van der Waals surface area contributed by atoms with Crippen LogP contribution in [-0.4, -0.2) is 30.4 Å². The minimum Gasteiger partial charge on any atom is -0.378 e. The van der Waals surface area contributed by atoms with Gasteiger partial charge in [-0.1, -0.05) is 12.1 Å². The first-order chi connectivity index (χ1) is 8.75. The lowest BCUT2D eigenvalue weighted by molar-refractivity contribution is 0.555. The summed E-state index contributed by atoms with van der Waals surface area (Å²) >= 11 is 0. The van der Waals surface area contributed by atoms with Gasteiger partial charge in [0.15, 0.2) is 0 Å². The van der Waals surface area contributed by atoms with E-state index < -0.39 is 0 Å². The maximum atomic E-state index is 4.16. The molecular formula is C14H20N4. The smallest absolute Gasteiger partial charge is 0.0534 e. The van der Waals surface area contributed by atoms with E-state index in [1.165, 1.54) is 11.3 Å². The summed E-state index contributed by atoms with van der Waals surface area (Å²) in [5.74, 6) is 0. The van der Waals surface area contributed by atoms with Crippen molar-refractivity contribution in [3.8, 4) is 0 Å². The van der Waals surface area contributed by atoms with Crippen LogP contribution in [0.25, 0.3) is 0 Å². The maximum Gasteiger partial charge on any atom is 0.0534 e. The first-order valence-corrected chi connectivity index (χ1v) is 6.20. The highest BCUT2D eigenvalue weighted by Crippen LogP contribution is 2.11. The van der Waals surface area contributed by atoms with Crippen LogP contribution in [0.5, 0.6) is 0 Å². The van der Waals surface area contributed by atoms with E-state index in [0.717, 1.165) is 19.6 Å². The fourth-order valence-corrected chi connectivity index (χ4v) is 1.77. The Bertz CT molecular complexity index is 445. The fourth-order valence-electron chi connectivity index (χ4n) is 1.77. The molecule has 0 unspecified atom stereocenters. The summed E-state index contributed by atoms with van der Waals surface area (Å²) in [5.41, 5.74) is 2.54. The SMILES string of the molecule is CN(C)c1ccc(CNCCn2cccn2)cc1. The Hall–Kier alpha value is -1.81. The van der Waals surface area contributed by atoms with Gasteiger partial charge in [-0.05, 0) is 23.8 Å². The zero-order valence-corrected chi connectivity index (χ0v) is 11.0. The van der Waals surface area contributed by atoms with E-state index in [2.05, 4.69) is 53.7 Å². The number of hydrogen-bond acceptors (Lipinski definition) is 3. The second-order valence-electron chi connectivity index (χ2n) is 4.51. The fraction of sp³-hybridized carbons (Fsp3) is 0.357. The molecule has 0 saturated heterocycles. The van der Waals surface area contributed by atoms with Gasteiger partial charge in [-0.25, -0.2) is 0 Å². The molecule has 1 aromatic heterocycles. The van der Waals surface area contributed by atoms with Gasteiger partial charge in [-0.15, -0.1) is 0 Å². The Labute approximate surface area is 108 Å². The molecule has 1 N–H and O–H groups in total. The van der Waals surface area contributed by atoms with Crippen molar-refractivity contribution in [1.29, 1.82) is 0 Å². The molecule has 18 heavy (non-hydrogen) atoms. The summed E-state index contributed by atoms with van der Waals surface area (Å²) in [7, 11) is 4.11. The summed E-state index contributed by atoms with van der Waals surface area (Å²) in [6.07, 6.45) is 3.79. The van der Waals surface area contributed by atoms with E-state index in [1.807, 2.05) is 16.9 Å². The van der Waals surface area contributed by atoms with Crippen LogP contribution >= 0.6 is 0 Å². The summed E-state index contributed by atoms with van der Waals surface area (Å²) in [6.45, 7) is 2.73. The predicted octanol–water partition coefficient (Wildman–Crippen LogP) is 1.74. The largest absolute Gasteiger partial charge is 0.378 e. The van der Waals surface area contributed by atoms with Gasteiger partial charge in [0, 0.05) is 45.3 Å². The van der Waals surface area contributed by atoms with Crippen LogP contribution in [0.4, 0.5) is 5.69 Å². The van der Waals surface area contributed by atoms with E-state index in [4.69, 9.17) is 0 Å². The zero-order chi connectivity index (χ0) is 12.8. The highest BCUT2D eigenvalue weighted by atomic mass is 15.3. The average Bonchev–Trinajstić information content (AvgIpc) is 2.88. The molecule has 0 spiro atoms. The zero-order valence-electron chi connectivity index (χ0n) is 11.0. The second-order valence-corrected chi connectivity index (χ2v) is 4.51. The highest BCUT2D eigenvalue weighted by molar-refractivity contribution is 5.45. The van der Waals surface area contributed by atoms with Crippen LogP contribution in [0.1, 0.15) is 5.56 Å². The highest BCUT2D eigenvalue weighted by Gasteiger charge is 1.96. The van der Waals surface area contributed by atoms with Gasteiger partial charge in [-0.3, -0.25) is 4.68 Å². The molecule has 2 aromatic rings. The van der Waals surface area contributed by atoms with Crippen molar-refractivity contribution in [1.82, 2.24) is 15.1 Å². The minimum atomic E-state index is 0.898. The summed E-state index contributed by atoms with van der Waals surface area (Å²) < 4.78 is 1.93. The minimum absolute atomic E-state index is 0.898. The van der Waals surface area contributed by atoms with Gasteiger partial charge in [0.2, 0.25) is 0 Å². The van der Waals surface area contributed by atoms with Gasteiger partial charge in [-0.2, -0.15) is 5.10 Å². The van der Waals surface area contributed by atoms with E-state index in [9.17, 15) is 0 Å². The molecule has 1 aromatic carbocycles. The van der Waals surface area contributed by atoms with Crippen molar-refractivity contribution >= 4 is 5.69 Å². The molecule has 4 nitrogen and oxygen atoms in total. The Balaban J connectivity index is 1.73. The van der Waals surface area contributed by atoms with E-state index >= 15 is 0 Å². The molecule has 0 aliphatic rings. The van der Waals surface area contributed by atoms with Crippen LogP contribution < -0.4 is 10.2 Å². The molecule has 1 heterocycles. The normalized spacial score (nSPS) is 10.6. The molecule has 2 rings (SSSR count).